The van der Waals surface area contributed by atoms with Crippen LogP contribution in [0.2, 0.25) is 0 Å². The number of aromatic carboxylic acids is 1. The maximum atomic E-state index is 10.5. The molecule has 0 aliphatic heterocycles. The van der Waals surface area contributed by atoms with Crippen LogP contribution in [0.1, 0.15) is 10.5 Å². The Labute approximate surface area is 187 Å². The second kappa shape index (κ2) is 10.1. The van der Waals surface area contributed by atoms with Gasteiger partial charge < -0.3 is 22.3 Å². The van der Waals surface area contributed by atoms with Crippen molar-refractivity contribution in [3.8, 4) is 0 Å². The Morgan fingerprint density at radius 1 is 0.690 bits per heavy atom. The molecule has 146 valence electrons. The van der Waals surface area contributed by atoms with Gasteiger partial charge >= 0.3 is 21.1 Å². The minimum Gasteiger partial charge on any atom is -1.00 e. The van der Waals surface area contributed by atoms with Gasteiger partial charge in [0.1, 0.15) is 0 Å². The Bertz CT molecular complexity index is 1230. The van der Waals surface area contributed by atoms with E-state index in [0.717, 1.165) is 27.2 Å². The summed E-state index contributed by atoms with van der Waals surface area (Å²) in [6.07, 6.45) is 3.60. The molecule has 0 saturated heterocycles. The molecule has 5 rings (SSSR count). The van der Waals surface area contributed by atoms with Crippen LogP contribution in [0.25, 0.3) is 32.7 Å². The van der Waals surface area contributed by atoms with E-state index in [-0.39, 0.29) is 39.2 Å². The fraction of sp³-hybridized carbons (Fsp3) is 0. The van der Waals surface area contributed by atoms with Crippen LogP contribution < -0.4 is 17.5 Å². The fourth-order valence-electron chi connectivity index (χ4n) is 2.86. The molecule has 0 amide bonds. The Morgan fingerprint density at radius 3 is 1.79 bits per heavy atom. The predicted octanol–water partition coefficient (Wildman–Crippen LogP) is 0.383. The molecule has 29 heavy (non-hydrogen) atoms. The van der Waals surface area contributed by atoms with Crippen molar-refractivity contribution >= 4 is 38.7 Å². The first kappa shape index (κ1) is 22.4. The number of para-hydroxylation sites is 1. The zero-order chi connectivity index (χ0) is 18.6. The summed E-state index contributed by atoms with van der Waals surface area (Å²) >= 11 is 0. The third-order valence-corrected chi connectivity index (χ3v) is 4.15. The average Bonchev–Trinajstić information content (AvgIpc) is 2.74. The van der Waals surface area contributed by atoms with Crippen LogP contribution in [0.5, 0.6) is 0 Å². The number of benzene rings is 2. The van der Waals surface area contributed by atoms with E-state index in [4.69, 9.17) is 0 Å². The molecule has 0 aliphatic carbocycles. The van der Waals surface area contributed by atoms with Gasteiger partial charge in [0.15, 0.2) is 0 Å². The van der Waals surface area contributed by atoms with Crippen molar-refractivity contribution in [2.75, 3.05) is 0 Å². The van der Waals surface area contributed by atoms with E-state index in [1.54, 1.807) is 24.5 Å². The molecule has 0 bridgehead atoms. The van der Waals surface area contributed by atoms with Gasteiger partial charge in [0, 0.05) is 28.6 Å². The van der Waals surface area contributed by atoms with Gasteiger partial charge in [-0.15, -0.1) is 0 Å². The number of carbonyl (C=O) groups excluding carboxylic acids is 1. The average molecular weight is 583 g/mol. The van der Waals surface area contributed by atoms with Crippen molar-refractivity contribution in [3.63, 3.8) is 0 Å². The quantitative estimate of drug-likeness (QED) is 0.267. The van der Waals surface area contributed by atoms with E-state index in [1.165, 1.54) is 6.07 Å². The first-order valence-corrected chi connectivity index (χ1v) is 8.38. The van der Waals surface area contributed by atoms with E-state index in [2.05, 4.69) is 39.2 Å². The molecular weight excluding hydrogens is 569 g/mol. The molecule has 0 fully saturated rings. The molecule has 0 atom stereocenters. The molecule has 0 saturated carbocycles. The minimum absolute atomic E-state index is 0. The normalized spacial score (nSPS) is 9.79. The second-order valence-electron chi connectivity index (χ2n) is 5.89. The summed E-state index contributed by atoms with van der Waals surface area (Å²) in [7, 11) is 0. The van der Waals surface area contributed by atoms with E-state index in [1.807, 2.05) is 30.3 Å². The summed E-state index contributed by atoms with van der Waals surface area (Å²) in [6.45, 7) is 0. The molecule has 0 N–H and O–H groups in total. The van der Waals surface area contributed by atoms with Crippen molar-refractivity contribution < 1.29 is 43.4 Å². The number of nitrogens with zero attached hydrogens (tertiary/aromatic N) is 3. The number of hydrogen-bond acceptors (Lipinski definition) is 5. The summed E-state index contributed by atoms with van der Waals surface area (Å²) < 4.78 is 0. The number of carbonyl (C=O) groups is 1. The smallest absolute Gasteiger partial charge is 1.00 e. The summed E-state index contributed by atoms with van der Waals surface area (Å²) in [5.41, 5.74) is 2.60. The number of halogens is 1. The SMILES string of the molecule is O=C([O-])c1ccc2ccccc2n1.[Cl-].[Pt+2].c1cnc2c(c1)ccc1cccnc12. The Balaban J connectivity index is 0.000000194. The van der Waals surface area contributed by atoms with Crippen LogP contribution in [-0.2, 0) is 21.1 Å². The molecule has 3 aromatic heterocycles. The van der Waals surface area contributed by atoms with Crippen LogP contribution in [0.15, 0.2) is 85.2 Å². The van der Waals surface area contributed by atoms with Gasteiger partial charge in [-0.1, -0.05) is 48.5 Å². The number of aromatic nitrogens is 3. The van der Waals surface area contributed by atoms with E-state index >= 15 is 0 Å². The summed E-state index contributed by atoms with van der Waals surface area (Å²) in [5.74, 6) is -1.24. The molecule has 0 spiro atoms. The molecule has 2 aromatic carbocycles. The first-order chi connectivity index (χ1) is 13.2. The van der Waals surface area contributed by atoms with E-state index in [9.17, 15) is 9.90 Å². The molecule has 5 nitrogen and oxygen atoms in total. The third kappa shape index (κ3) is 4.94. The maximum absolute atomic E-state index is 10.5. The molecule has 0 radical (unpaired) electrons. The molecule has 5 aromatic rings. The standard InChI is InChI=1S/C12H8N2.C10H7NO2.ClH.Pt/c1-3-9-5-6-10-4-2-8-14-12(10)11(9)13-7-1;12-10(13)9-6-5-7-3-1-2-4-8(7)11-9;;/h1-8H;1-6H,(H,12,13);1H;/q;;;+2/p-2. The van der Waals surface area contributed by atoms with Gasteiger partial charge in [0.2, 0.25) is 0 Å². The number of fused-ring (bicyclic) bond motifs is 4. The monoisotopic (exact) mass is 582 g/mol. The van der Waals surface area contributed by atoms with Crippen LogP contribution in [0.4, 0.5) is 0 Å². The van der Waals surface area contributed by atoms with Crippen LogP contribution in [0.3, 0.4) is 0 Å². The molecule has 7 heteroatoms. The summed E-state index contributed by atoms with van der Waals surface area (Å²) in [5, 5.41) is 13.7. The van der Waals surface area contributed by atoms with Gasteiger partial charge in [0.05, 0.1) is 28.2 Å². The molecule has 0 aliphatic rings. The zero-order valence-electron chi connectivity index (χ0n) is 14.9. The van der Waals surface area contributed by atoms with Gasteiger partial charge in [0.25, 0.3) is 0 Å². The fourth-order valence-corrected chi connectivity index (χ4v) is 2.86. The summed E-state index contributed by atoms with van der Waals surface area (Å²) in [4.78, 5) is 23.1. The number of carboxylic acids is 1. The van der Waals surface area contributed by atoms with E-state index in [0.29, 0.717) is 5.52 Å². The summed E-state index contributed by atoms with van der Waals surface area (Å²) in [6, 6.07) is 22.6. The van der Waals surface area contributed by atoms with Gasteiger partial charge in [-0.2, -0.15) is 0 Å². The molecular formula is C22H14ClN3O2Pt. The van der Waals surface area contributed by atoms with Crippen molar-refractivity contribution in [3.05, 3.63) is 90.9 Å². The largest absolute Gasteiger partial charge is 2.00 e. The molecule has 3 heterocycles. The number of pyridine rings is 3. The van der Waals surface area contributed by atoms with Gasteiger partial charge in [-0.25, -0.2) is 4.98 Å². The van der Waals surface area contributed by atoms with E-state index < -0.39 is 5.97 Å². The Kier molecular flexibility index (Phi) is 7.77. The van der Waals surface area contributed by atoms with Crippen LogP contribution >= 0.6 is 0 Å². The van der Waals surface area contributed by atoms with Crippen molar-refractivity contribution in [1.82, 2.24) is 15.0 Å². The maximum Gasteiger partial charge on any atom is 2.00 e. The van der Waals surface area contributed by atoms with Crippen molar-refractivity contribution in [1.29, 1.82) is 0 Å². The van der Waals surface area contributed by atoms with Crippen LogP contribution in [-0.4, -0.2) is 20.9 Å². The van der Waals surface area contributed by atoms with Gasteiger partial charge in [-0.05, 0) is 24.3 Å². The third-order valence-electron chi connectivity index (χ3n) is 4.15. The zero-order valence-corrected chi connectivity index (χ0v) is 18.0. The number of rotatable bonds is 1. The Morgan fingerprint density at radius 2 is 1.21 bits per heavy atom. The predicted molar refractivity (Wildman–Crippen MR) is 103 cm³/mol. The number of carboxylic acid groups (broad SMARTS) is 1. The van der Waals surface area contributed by atoms with Crippen LogP contribution in [0, 0.1) is 0 Å². The minimum atomic E-state index is -1.24. The number of hydrogen-bond donors (Lipinski definition) is 0. The van der Waals surface area contributed by atoms with Crippen molar-refractivity contribution in [2.24, 2.45) is 0 Å². The Hall–Kier alpha value is -2.88. The first-order valence-electron chi connectivity index (χ1n) is 8.38. The molecule has 0 unspecified atom stereocenters. The van der Waals surface area contributed by atoms with Crippen molar-refractivity contribution in [2.45, 2.75) is 0 Å². The topological polar surface area (TPSA) is 78.8 Å². The van der Waals surface area contributed by atoms with Gasteiger partial charge in [-0.3, -0.25) is 9.97 Å². The second-order valence-corrected chi connectivity index (χ2v) is 5.89.